The number of rotatable bonds is 0. The molecule has 3 fully saturated rings. The fraction of sp³-hybridized carbons (Fsp3) is 1.00. The van der Waals surface area contributed by atoms with Crippen LogP contribution in [0, 0.1) is 0 Å². The molecule has 2 N–H and O–H groups in total. The Morgan fingerprint density at radius 1 is 1.18 bits per heavy atom. The van der Waals surface area contributed by atoms with Crippen LogP contribution >= 0.6 is 0 Å². The highest BCUT2D eigenvalue weighted by atomic mass is 16.3. The van der Waals surface area contributed by atoms with Gasteiger partial charge in [0.25, 0.3) is 0 Å². The van der Waals surface area contributed by atoms with Crippen LogP contribution in [0.2, 0.25) is 0 Å². The third-order valence-corrected chi connectivity index (χ3v) is 2.95. The van der Waals surface area contributed by atoms with Crippen LogP contribution in [0.5, 0.6) is 0 Å². The van der Waals surface area contributed by atoms with Crippen molar-refractivity contribution in [2.75, 3.05) is 0 Å². The van der Waals surface area contributed by atoms with Crippen LogP contribution in [-0.2, 0) is 0 Å². The quantitative estimate of drug-likeness (QED) is 0.554. The molecule has 2 heterocycles. The molecule has 0 aromatic carbocycles. The summed E-state index contributed by atoms with van der Waals surface area (Å²) in [4.78, 5) is 0. The molecule has 1 aliphatic carbocycles. The molecule has 3 aliphatic rings. The van der Waals surface area contributed by atoms with Crippen LogP contribution in [0.25, 0.3) is 0 Å². The number of fused-ring (bicyclic) bond motifs is 5. The monoisotopic (exact) mass is 155 g/mol. The maximum atomic E-state index is 9.76. The van der Waals surface area contributed by atoms with E-state index in [0.29, 0.717) is 6.04 Å². The first-order chi connectivity index (χ1) is 5.29. The molecule has 0 aromatic rings. The lowest BCUT2D eigenvalue weighted by Crippen LogP contribution is -2.63. The van der Waals surface area contributed by atoms with E-state index in [-0.39, 0.29) is 0 Å². The third-order valence-electron chi connectivity index (χ3n) is 2.95. The second-order valence-electron chi connectivity index (χ2n) is 4.03. The summed E-state index contributed by atoms with van der Waals surface area (Å²) in [6.07, 6.45) is 8.41. The van der Waals surface area contributed by atoms with E-state index >= 15 is 0 Å². The molecule has 2 heteroatoms. The van der Waals surface area contributed by atoms with Gasteiger partial charge < -0.3 is 5.11 Å². The Balaban J connectivity index is 1.91. The van der Waals surface area contributed by atoms with Gasteiger partial charge in [0, 0.05) is 12.5 Å². The van der Waals surface area contributed by atoms with E-state index < -0.39 is 5.72 Å². The lowest BCUT2D eigenvalue weighted by molar-refractivity contribution is -0.0920. The van der Waals surface area contributed by atoms with Crippen molar-refractivity contribution in [1.29, 1.82) is 0 Å². The van der Waals surface area contributed by atoms with Crippen molar-refractivity contribution in [3.63, 3.8) is 0 Å². The molecule has 2 unspecified atom stereocenters. The third kappa shape index (κ3) is 1.57. The predicted molar refractivity (Wildman–Crippen MR) is 44.2 cm³/mol. The van der Waals surface area contributed by atoms with Crippen molar-refractivity contribution in [1.82, 2.24) is 5.32 Å². The lowest BCUT2D eigenvalue weighted by Gasteiger charge is -2.45. The van der Waals surface area contributed by atoms with Gasteiger partial charge in [-0.05, 0) is 19.3 Å². The Morgan fingerprint density at radius 3 is 2.73 bits per heavy atom. The van der Waals surface area contributed by atoms with Crippen molar-refractivity contribution >= 4 is 0 Å². The van der Waals surface area contributed by atoms with Gasteiger partial charge in [0.15, 0.2) is 0 Å². The van der Waals surface area contributed by atoms with E-state index in [4.69, 9.17) is 0 Å². The number of nitrogens with one attached hydrogen (secondary N) is 1. The standard InChI is InChI=1S/C9H17NO/c11-9-6-4-2-1-3-5-8(7-9)10-9/h8,10-11H,1-7H2. The SMILES string of the molecule is OC12CCCCCCC(C1)N2. The van der Waals surface area contributed by atoms with Gasteiger partial charge >= 0.3 is 0 Å². The first kappa shape index (κ1) is 7.56. The lowest BCUT2D eigenvalue weighted by atomic mass is 9.88. The van der Waals surface area contributed by atoms with Gasteiger partial charge in [-0.3, -0.25) is 5.32 Å². The summed E-state index contributed by atoms with van der Waals surface area (Å²) in [5, 5.41) is 13.0. The van der Waals surface area contributed by atoms with E-state index in [2.05, 4.69) is 5.32 Å². The first-order valence-electron chi connectivity index (χ1n) is 4.79. The topological polar surface area (TPSA) is 32.3 Å². The Morgan fingerprint density at radius 2 is 1.91 bits per heavy atom. The van der Waals surface area contributed by atoms with E-state index in [9.17, 15) is 5.11 Å². The van der Waals surface area contributed by atoms with Crippen molar-refractivity contribution in [3.8, 4) is 0 Å². The average Bonchev–Trinajstić information content (AvgIpc) is 2.02. The summed E-state index contributed by atoms with van der Waals surface area (Å²) >= 11 is 0. The molecule has 2 aliphatic heterocycles. The Hall–Kier alpha value is -0.0800. The van der Waals surface area contributed by atoms with Gasteiger partial charge in [0.1, 0.15) is 5.72 Å². The summed E-state index contributed by atoms with van der Waals surface area (Å²) in [6.45, 7) is 0. The van der Waals surface area contributed by atoms with E-state index in [1.807, 2.05) is 0 Å². The van der Waals surface area contributed by atoms with Crippen molar-refractivity contribution in [3.05, 3.63) is 0 Å². The molecular weight excluding hydrogens is 138 g/mol. The van der Waals surface area contributed by atoms with E-state index in [0.717, 1.165) is 12.8 Å². The number of hydrogen-bond donors (Lipinski definition) is 2. The van der Waals surface area contributed by atoms with Gasteiger partial charge in [-0.25, -0.2) is 0 Å². The minimum Gasteiger partial charge on any atom is -0.376 e. The molecule has 2 bridgehead atoms. The minimum absolute atomic E-state index is 0.463. The van der Waals surface area contributed by atoms with Crippen LogP contribution in [0.15, 0.2) is 0 Å². The molecule has 3 rings (SSSR count). The largest absolute Gasteiger partial charge is 0.376 e. The number of aliphatic hydroxyl groups is 1. The maximum Gasteiger partial charge on any atom is 0.117 e. The van der Waals surface area contributed by atoms with Crippen LogP contribution in [-0.4, -0.2) is 16.9 Å². The van der Waals surface area contributed by atoms with Gasteiger partial charge in [-0.15, -0.1) is 0 Å². The summed E-state index contributed by atoms with van der Waals surface area (Å²) in [5.74, 6) is 0. The van der Waals surface area contributed by atoms with Gasteiger partial charge in [-0.1, -0.05) is 19.3 Å². The summed E-state index contributed by atoms with van der Waals surface area (Å²) in [5.41, 5.74) is -0.463. The van der Waals surface area contributed by atoms with Crippen molar-refractivity contribution < 1.29 is 5.11 Å². The second kappa shape index (κ2) is 2.76. The zero-order valence-corrected chi connectivity index (χ0v) is 6.97. The zero-order chi connectivity index (χ0) is 7.73. The fourth-order valence-corrected chi connectivity index (χ4v) is 2.28. The maximum absolute atomic E-state index is 9.76. The Bertz CT molecular complexity index is 135. The minimum atomic E-state index is -0.463. The van der Waals surface area contributed by atoms with Crippen LogP contribution < -0.4 is 5.32 Å². The van der Waals surface area contributed by atoms with Crippen molar-refractivity contribution in [2.45, 2.75) is 56.7 Å². The van der Waals surface area contributed by atoms with Gasteiger partial charge in [0.2, 0.25) is 0 Å². The molecular formula is C9H17NO. The highest BCUT2D eigenvalue weighted by Gasteiger charge is 2.40. The highest BCUT2D eigenvalue weighted by molar-refractivity contribution is 4.95. The fourth-order valence-electron chi connectivity index (χ4n) is 2.28. The molecule has 64 valence electrons. The highest BCUT2D eigenvalue weighted by Crippen LogP contribution is 2.32. The Kier molecular flexibility index (Phi) is 1.90. The molecule has 2 nitrogen and oxygen atoms in total. The normalized spacial score (nSPS) is 45.0. The van der Waals surface area contributed by atoms with Gasteiger partial charge in [0.05, 0.1) is 0 Å². The van der Waals surface area contributed by atoms with E-state index in [1.54, 1.807) is 0 Å². The Labute approximate surface area is 68.0 Å². The molecule has 2 saturated heterocycles. The number of hydrogen-bond acceptors (Lipinski definition) is 2. The van der Waals surface area contributed by atoms with E-state index in [1.165, 1.54) is 32.1 Å². The average molecular weight is 155 g/mol. The smallest absolute Gasteiger partial charge is 0.117 e. The summed E-state index contributed by atoms with van der Waals surface area (Å²) in [6, 6.07) is 0.623. The van der Waals surface area contributed by atoms with Crippen molar-refractivity contribution in [2.24, 2.45) is 0 Å². The van der Waals surface area contributed by atoms with Crippen LogP contribution in [0.1, 0.15) is 44.9 Å². The zero-order valence-electron chi connectivity index (χ0n) is 6.97. The van der Waals surface area contributed by atoms with Gasteiger partial charge in [-0.2, -0.15) is 0 Å². The molecule has 0 aromatic heterocycles. The van der Waals surface area contributed by atoms with Crippen LogP contribution in [0.3, 0.4) is 0 Å². The molecule has 0 amide bonds. The second-order valence-corrected chi connectivity index (χ2v) is 4.03. The van der Waals surface area contributed by atoms with Crippen LogP contribution in [0.4, 0.5) is 0 Å². The predicted octanol–water partition coefficient (Wildman–Crippen LogP) is 1.39. The molecule has 11 heavy (non-hydrogen) atoms. The molecule has 0 radical (unpaired) electrons. The summed E-state index contributed by atoms with van der Waals surface area (Å²) in [7, 11) is 0. The first-order valence-corrected chi connectivity index (χ1v) is 4.79. The molecule has 0 spiro atoms. The molecule has 2 atom stereocenters. The molecule has 1 saturated carbocycles. The summed E-state index contributed by atoms with van der Waals surface area (Å²) < 4.78 is 0.